The van der Waals surface area contributed by atoms with Gasteiger partial charge < -0.3 is 10.2 Å². The standard InChI is InChI=1S/C15H19FN4O2S/c1-17-23(21,22)12-5-7-15(19-10-12)18-9-11-4-6-14(20(2)3)13(16)8-11/h4-8,10,17H,9H2,1-3H3,(H,18,19). The Morgan fingerprint density at radius 1 is 1.22 bits per heavy atom. The van der Waals surface area contributed by atoms with Gasteiger partial charge in [-0.15, -0.1) is 0 Å². The molecule has 0 aliphatic heterocycles. The fourth-order valence-electron chi connectivity index (χ4n) is 1.98. The molecule has 0 radical (unpaired) electrons. The first kappa shape index (κ1) is 17.2. The van der Waals surface area contributed by atoms with Gasteiger partial charge in [0.1, 0.15) is 16.5 Å². The van der Waals surface area contributed by atoms with Gasteiger partial charge in [0.2, 0.25) is 10.0 Å². The van der Waals surface area contributed by atoms with Crippen LogP contribution in [0.2, 0.25) is 0 Å². The summed E-state index contributed by atoms with van der Waals surface area (Å²) >= 11 is 0. The van der Waals surface area contributed by atoms with E-state index in [9.17, 15) is 12.8 Å². The lowest BCUT2D eigenvalue weighted by Crippen LogP contribution is -2.18. The van der Waals surface area contributed by atoms with E-state index >= 15 is 0 Å². The molecule has 0 aliphatic carbocycles. The first-order valence-corrected chi connectivity index (χ1v) is 8.41. The fourth-order valence-corrected chi connectivity index (χ4v) is 2.65. The maximum absolute atomic E-state index is 13.9. The zero-order valence-electron chi connectivity index (χ0n) is 13.2. The van der Waals surface area contributed by atoms with Crippen LogP contribution in [0.25, 0.3) is 0 Å². The number of rotatable bonds is 6. The number of hydrogen-bond donors (Lipinski definition) is 2. The molecular weight excluding hydrogens is 319 g/mol. The summed E-state index contributed by atoms with van der Waals surface area (Å²) in [5.74, 6) is 0.217. The minimum atomic E-state index is -3.50. The van der Waals surface area contributed by atoms with Crippen LogP contribution < -0.4 is 14.9 Å². The number of nitrogens with zero attached hydrogens (tertiary/aromatic N) is 2. The molecular formula is C15H19FN4O2S. The Hall–Kier alpha value is -2.19. The second-order valence-electron chi connectivity index (χ2n) is 5.12. The van der Waals surface area contributed by atoms with E-state index in [0.29, 0.717) is 18.1 Å². The SMILES string of the molecule is CNS(=O)(=O)c1ccc(NCc2ccc(N(C)C)c(F)c2)nc1. The van der Waals surface area contributed by atoms with Crippen molar-refractivity contribution >= 4 is 21.5 Å². The summed E-state index contributed by atoms with van der Waals surface area (Å²) in [6.45, 7) is 0.385. The number of nitrogens with one attached hydrogen (secondary N) is 2. The predicted molar refractivity (Wildman–Crippen MR) is 88.5 cm³/mol. The number of benzene rings is 1. The van der Waals surface area contributed by atoms with E-state index in [2.05, 4.69) is 15.0 Å². The van der Waals surface area contributed by atoms with Gasteiger partial charge in [0, 0.05) is 26.8 Å². The van der Waals surface area contributed by atoms with Crippen molar-refractivity contribution in [3.8, 4) is 0 Å². The van der Waals surface area contributed by atoms with Crippen LogP contribution in [0.4, 0.5) is 15.9 Å². The van der Waals surface area contributed by atoms with Gasteiger partial charge in [0.15, 0.2) is 0 Å². The van der Waals surface area contributed by atoms with Crippen molar-refractivity contribution in [2.24, 2.45) is 0 Å². The smallest absolute Gasteiger partial charge is 0.241 e. The minimum Gasteiger partial charge on any atom is -0.375 e. The molecule has 2 aromatic rings. The maximum atomic E-state index is 13.9. The highest BCUT2D eigenvalue weighted by Crippen LogP contribution is 2.19. The van der Waals surface area contributed by atoms with Crippen LogP contribution in [0.15, 0.2) is 41.4 Å². The molecule has 2 rings (SSSR count). The molecule has 6 nitrogen and oxygen atoms in total. The molecule has 0 saturated carbocycles. The summed E-state index contributed by atoms with van der Waals surface area (Å²) in [5.41, 5.74) is 1.29. The van der Waals surface area contributed by atoms with Gasteiger partial charge in [0.05, 0.1) is 5.69 Å². The Morgan fingerprint density at radius 3 is 2.48 bits per heavy atom. The highest BCUT2D eigenvalue weighted by molar-refractivity contribution is 7.89. The summed E-state index contributed by atoms with van der Waals surface area (Å²) in [7, 11) is 1.40. The van der Waals surface area contributed by atoms with E-state index in [0.717, 1.165) is 5.56 Å². The van der Waals surface area contributed by atoms with Gasteiger partial charge in [-0.1, -0.05) is 6.07 Å². The first-order chi connectivity index (χ1) is 10.8. The van der Waals surface area contributed by atoms with Crippen molar-refractivity contribution in [1.29, 1.82) is 0 Å². The van der Waals surface area contributed by atoms with E-state index in [-0.39, 0.29) is 10.7 Å². The molecule has 0 spiro atoms. The summed E-state index contributed by atoms with van der Waals surface area (Å²) in [4.78, 5) is 5.84. The lowest BCUT2D eigenvalue weighted by molar-refractivity contribution is 0.588. The Labute approximate surface area is 135 Å². The van der Waals surface area contributed by atoms with Crippen molar-refractivity contribution < 1.29 is 12.8 Å². The monoisotopic (exact) mass is 338 g/mol. The van der Waals surface area contributed by atoms with E-state index in [4.69, 9.17) is 0 Å². The Kier molecular flexibility index (Phi) is 5.17. The zero-order chi connectivity index (χ0) is 17.0. The Balaban J connectivity index is 2.05. The fraction of sp³-hybridized carbons (Fsp3) is 0.267. The van der Waals surface area contributed by atoms with Crippen LogP contribution in [0.3, 0.4) is 0 Å². The number of hydrogen-bond acceptors (Lipinski definition) is 5. The van der Waals surface area contributed by atoms with Gasteiger partial charge >= 0.3 is 0 Å². The largest absolute Gasteiger partial charge is 0.375 e. The molecule has 124 valence electrons. The quantitative estimate of drug-likeness (QED) is 0.840. The second-order valence-corrected chi connectivity index (χ2v) is 7.01. The van der Waals surface area contributed by atoms with Gasteiger partial charge in [0.25, 0.3) is 0 Å². The lowest BCUT2D eigenvalue weighted by atomic mass is 10.2. The van der Waals surface area contributed by atoms with Crippen LogP contribution in [0.1, 0.15) is 5.56 Å². The van der Waals surface area contributed by atoms with Crippen molar-refractivity contribution in [3.05, 3.63) is 47.9 Å². The first-order valence-electron chi connectivity index (χ1n) is 6.92. The number of anilines is 2. The third-order valence-electron chi connectivity index (χ3n) is 3.28. The molecule has 1 aromatic carbocycles. The third-order valence-corrected chi connectivity index (χ3v) is 4.68. The Bertz CT molecular complexity index is 777. The van der Waals surface area contributed by atoms with Crippen LogP contribution in [0, 0.1) is 5.82 Å². The average Bonchev–Trinajstić information content (AvgIpc) is 2.53. The van der Waals surface area contributed by atoms with Crippen molar-refractivity contribution in [2.45, 2.75) is 11.4 Å². The molecule has 0 aliphatic rings. The summed E-state index contributed by atoms with van der Waals surface area (Å²) < 4.78 is 39.3. The van der Waals surface area contributed by atoms with Crippen molar-refractivity contribution in [3.63, 3.8) is 0 Å². The molecule has 1 aromatic heterocycles. The minimum absolute atomic E-state index is 0.0898. The molecule has 0 unspecified atom stereocenters. The van der Waals surface area contributed by atoms with Crippen LogP contribution >= 0.6 is 0 Å². The van der Waals surface area contributed by atoms with Crippen molar-refractivity contribution in [1.82, 2.24) is 9.71 Å². The molecule has 0 saturated heterocycles. The van der Waals surface area contributed by atoms with E-state index in [1.54, 1.807) is 31.1 Å². The number of aromatic nitrogens is 1. The number of halogens is 1. The molecule has 0 atom stereocenters. The van der Waals surface area contributed by atoms with E-state index < -0.39 is 10.0 Å². The van der Waals surface area contributed by atoms with E-state index in [1.807, 2.05) is 6.07 Å². The normalized spacial score (nSPS) is 11.3. The molecule has 23 heavy (non-hydrogen) atoms. The Morgan fingerprint density at radius 2 is 1.96 bits per heavy atom. The summed E-state index contributed by atoms with van der Waals surface area (Å²) in [6, 6.07) is 8.02. The van der Waals surface area contributed by atoms with Crippen LogP contribution in [-0.2, 0) is 16.6 Å². The number of pyridine rings is 1. The maximum Gasteiger partial charge on any atom is 0.241 e. The summed E-state index contributed by atoms with van der Waals surface area (Å²) in [5, 5.41) is 3.03. The highest BCUT2D eigenvalue weighted by Gasteiger charge is 2.11. The molecule has 2 N–H and O–H groups in total. The molecule has 8 heteroatoms. The molecule has 0 fully saturated rings. The molecule has 0 bridgehead atoms. The van der Waals surface area contributed by atoms with Crippen LogP contribution in [0.5, 0.6) is 0 Å². The second kappa shape index (κ2) is 6.93. The van der Waals surface area contributed by atoms with Gasteiger partial charge in [-0.25, -0.2) is 22.5 Å². The average molecular weight is 338 g/mol. The summed E-state index contributed by atoms with van der Waals surface area (Å²) in [6.07, 6.45) is 1.27. The molecule has 0 amide bonds. The van der Waals surface area contributed by atoms with Gasteiger partial charge in [-0.2, -0.15) is 0 Å². The molecule has 1 heterocycles. The van der Waals surface area contributed by atoms with Crippen LogP contribution in [-0.4, -0.2) is 34.5 Å². The van der Waals surface area contributed by atoms with E-state index in [1.165, 1.54) is 25.4 Å². The van der Waals surface area contributed by atoms with Gasteiger partial charge in [-0.3, -0.25) is 0 Å². The highest BCUT2D eigenvalue weighted by atomic mass is 32.2. The zero-order valence-corrected chi connectivity index (χ0v) is 14.0. The van der Waals surface area contributed by atoms with Gasteiger partial charge in [-0.05, 0) is 36.9 Å². The topological polar surface area (TPSA) is 74.3 Å². The lowest BCUT2D eigenvalue weighted by Gasteiger charge is -2.14. The number of sulfonamides is 1. The predicted octanol–water partition coefficient (Wildman–Crippen LogP) is 1.81. The van der Waals surface area contributed by atoms with Crippen molar-refractivity contribution in [2.75, 3.05) is 31.4 Å². The third kappa shape index (κ3) is 4.17.